The van der Waals surface area contributed by atoms with Gasteiger partial charge in [0, 0.05) is 0 Å². The number of hydrogen-bond donors (Lipinski definition) is 0. The Balaban J connectivity index is 1.85. The first-order valence-electron chi connectivity index (χ1n) is 9.69. The van der Waals surface area contributed by atoms with E-state index in [9.17, 15) is 22.0 Å². The molecule has 0 atom stereocenters. The van der Waals surface area contributed by atoms with E-state index in [4.69, 9.17) is 0 Å². The normalized spacial score (nSPS) is 21.0. The summed E-state index contributed by atoms with van der Waals surface area (Å²) in [5.74, 6) is -3.39. The Morgan fingerprint density at radius 2 is 1.59 bits per heavy atom. The van der Waals surface area contributed by atoms with Gasteiger partial charge >= 0.3 is 6.36 Å². The molecule has 6 heteroatoms. The monoisotopic (exact) mass is 390 g/mol. The summed E-state index contributed by atoms with van der Waals surface area (Å²) in [6, 6.07) is 1.96. The van der Waals surface area contributed by atoms with Crippen LogP contribution in [0.1, 0.15) is 76.2 Å². The van der Waals surface area contributed by atoms with Crippen LogP contribution < -0.4 is 4.74 Å². The van der Waals surface area contributed by atoms with E-state index in [0.717, 1.165) is 69.9 Å². The second kappa shape index (κ2) is 10.1. The third-order valence-corrected chi connectivity index (χ3v) is 5.16. The Bertz CT molecular complexity index is 592. The van der Waals surface area contributed by atoms with E-state index >= 15 is 0 Å². The van der Waals surface area contributed by atoms with Crippen molar-refractivity contribution in [1.29, 1.82) is 0 Å². The van der Waals surface area contributed by atoms with Crippen LogP contribution in [0.5, 0.6) is 5.75 Å². The molecule has 1 aromatic carbocycles. The summed E-state index contributed by atoms with van der Waals surface area (Å²) in [6.45, 7) is 2.15. The van der Waals surface area contributed by atoms with Crippen molar-refractivity contribution in [3.8, 4) is 5.75 Å². The van der Waals surface area contributed by atoms with Crippen LogP contribution >= 0.6 is 0 Å². The van der Waals surface area contributed by atoms with Crippen molar-refractivity contribution < 1.29 is 26.7 Å². The Hall–Kier alpha value is -1.59. The van der Waals surface area contributed by atoms with Crippen LogP contribution in [0.15, 0.2) is 24.3 Å². The molecular formula is C21H27F5O. The molecule has 0 bridgehead atoms. The van der Waals surface area contributed by atoms with E-state index in [1.807, 2.05) is 0 Å². The maximum Gasteiger partial charge on any atom is 0.573 e. The van der Waals surface area contributed by atoms with Gasteiger partial charge in [0.05, 0.1) is 0 Å². The van der Waals surface area contributed by atoms with E-state index in [-0.39, 0.29) is 5.92 Å². The third-order valence-electron chi connectivity index (χ3n) is 5.16. The predicted molar refractivity (Wildman–Crippen MR) is 95.6 cm³/mol. The van der Waals surface area contributed by atoms with Gasteiger partial charge in [-0.3, -0.25) is 0 Å². The second-order valence-electron chi connectivity index (χ2n) is 7.27. The molecule has 0 spiro atoms. The van der Waals surface area contributed by atoms with Crippen LogP contribution in [-0.2, 0) is 0 Å². The minimum absolute atomic E-state index is 0.0189. The van der Waals surface area contributed by atoms with Crippen LogP contribution in [0.4, 0.5) is 22.0 Å². The topological polar surface area (TPSA) is 9.23 Å². The molecule has 1 aromatic rings. The number of ether oxygens (including phenoxy) is 1. The van der Waals surface area contributed by atoms with Gasteiger partial charge in [0.15, 0.2) is 11.6 Å². The minimum Gasteiger partial charge on any atom is -0.399 e. The lowest BCUT2D eigenvalue weighted by atomic mass is 9.77. The first-order valence-corrected chi connectivity index (χ1v) is 9.69. The first kappa shape index (κ1) is 21.7. The Kier molecular flexibility index (Phi) is 8.11. The fourth-order valence-corrected chi connectivity index (χ4v) is 3.74. The molecule has 0 aliphatic heterocycles. The summed E-state index contributed by atoms with van der Waals surface area (Å²) in [5.41, 5.74) is 0.417. The van der Waals surface area contributed by atoms with E-state index in [1.165, 1.54) is 0 Å². The molecule has 1 nitrogen and oxygen atoms in total. The zero-order valence-electron chi connectivity index (χ0n) is 15.6. The molecule has 0 aromatic heterocycles. The quantitative estimate of drug-likeness (QED) is 0.251. The van der Waals surface area contributed by atoms with Crippen molar-refractivity contribution in [1.82, 2.24) is 0 Å². The maximum atomic E-state index is 13.9. The molecule has 152 valence electrons. The minimum atomic E-state index is -5.12. The lowest BCUT2D eigenvalue weighted by molar-refractivity contribution is -0.276. The fraction of sp³-hybridized carbons (Fsp3) is 0.619. The molecule has 0 amide bonds. The molecule has 0 N–H and O–H groups in total. The highest BCUT2D eigenvalue weighted by molar-refractivity contribution is 5.33. The molecule has 1 aliphatic rings. The van der Waals surface area contributed by atoms with Gasteiger partial charge < -0.3 is 4.74 Å². The number of allylic oxidation sites excluding steroid dienone is 2. The molecule has 0 saturated heterocycles. The molecular weight excluding hydrogens is 363 g/mol. The van der Waals surface area contributed by atoms with Crippen molar-refractivity contribution in [3.63, 3.8) is 0 Å². The highest BCUT2D eigenvalue weighted by atomic mass is 19.4. The zero-order chi connectivity index (χ0) is 19.9. The number of alkyl halides is 3. The molecule has 27 heavy (non-hydrogen) atoms. The van der Waals surface area contributed by atoms with Crippen molar-refractivity contribution in [3.05, 3.63) is 41.5 Å². The Morgan fingerprint density at radius 3 is 2.15 bits per heavy atom. The van der Waals surface area contributed by atoms with Crippen molar-refractivity contribution in [2.45, 2.75) is 77.0 Å². The largest absolute Gasteiger partial charge is 0.573 e. The van der Waals surface area contributed by atoms with Gasteiger partial charge in [-0.05, 0) is 74.5 Å². The number of unbranched alkanes of at least 4 members (excludes halogenated alkanes) is 2. The fourth-order valence-electron chi connectivity index (χ4n) is 3.74. The number of halogens is 5. The van der Waals surface area contributed by atoms with E-state index in [2.05, 4.69) is 23.8 Å². The summed E-state index contributed by atoms with van der Waals surface area (Å²) in [7, 11) is 0. The van der Waals surface area contributed by atoms with Gasteiger partial charge in [0.2, 0.25) is 5.75 Å². The summed E-state index contributed by atoms with van der Waals surface area (Å²) in [4.78, 5) is 0. The zero-order valence-corrected chi connectivity index (χ0v) is 15.6. The summed E-state index contributed by atoms with van der Waals surface area (Å²) < 4.78 is 67.9. The average Bonchev–Trinajstić information content (AvgIpc) is 2.61. The summed E-state index contributed by atoms with van der Waals surface area (Å²) in [6.07, 6.45) is 8.52. The lowest BCUT2D eigenvalue weighted by Gasteiger charge is -2.29. The van der Waals surface area contributed by atoms with Crippen LogP contribution in [-0.4, -0.2) is 6.36 Å². The van der Waals surface area contributed by atoms with Crippen molar-refractivity contribution >= 4 is 0 Å². The standard InChI is InChI=1S/C21H27F5O/c1-2-3-4-5-6-7-8-15-9-11-16(12-10-15)17-13-18(22)20(19(23)14-17)27-21(24,25)26/h4-5,13-16H,2-3,6-12H2,1H3/b5-4+. The second-order valence-corrected chi connectivity index (χ2v) is 7.27. The number of rotatable bonds is 8. The van der Waals surface area contributed by atoms with Gasteiger partial charge in [-0.15, -0.1) is 13.2 Å². The smallest absolute Gasteiger partial charge is 0.399 e. The highest BCUT2D eigenvalue weighted by Crippen LogP contribution is 2.40. The number of hydrogen-bond acceptors (Lipinski definition) is 1. The third kappa shape index (κ3) is 7.15. The Labute approximate surface area is 157 Å². The maximum absolute atomic E-state index is 13.9. The van der Waals surface area contributed by atoms with Gasteiger partial charge in [0.1, 0.15) is 0 Å². The molecule has 1 saturated carbocycles. The molecule has 1 fully saturated rings. The Morgan fingerprint density at radius 1 is 1.00 bits per heavy atom. The van der Waals surface area contributed by atoms with Crippen LogP contribution in [0.2, 0.25) is 0 Å². The highest BCUT2D eigenvalue weighted by Gasteiger charge is 2.34. The SMILES string of the molecule is CCC/C=C/CCCC1CCC(c2cc(F)c(OC(F)(F)F)c(F)c2)CC1. The van der Waals surface area contributed by atoms with Gasteiger partial charge in [0.25, 0.3) is 0 Å². The van der Waals surface area contributed by atoms with E-state index in [0.29, 0.717) is 11.5 Å². The summed E-state index contributed by atoms with van der Waals surface area (Å²) in [5, 5.41) is 0. The average molecular weight is 390 g/mol. The van der Waals surface area contributed by atoms with Gasteiger partial charge in [-0.25, -0.2) is 8.78 Å². The van der Waals surface area contributed by atoms with Crippen LogP contribution in [0.3, 0.4) is 0 Å². The molecule has 0 radical (unpaired) electrons. The summed E-state index contributed by atoms with van der Waals surface area (Å²) >= 11 is 0. The van der Waals surface area contributed by atoms with Gasteiger partial charge in [-0.1, -0.05) is 31.9 Å². The molecule has 2 rings (SSSR count). The lowest BCUT2D eigenvalue weighted by Crippen LogP contribution is -2.19. The van der Waals surface area contributed by atoms with E-state index < -0.39 is 23.7 Å². The van der Waals surface area contributed by atoms with Crippen molar-refractivity contribution in [2.24, 2.45) is 5.92 Å². The molecule has 0 unspecified atom stereocenters. The van der Waals surface area contributed by atoms with Crippen LogP contribution in [0.25, 0.3) is 0 Å². The van der Waals surface area contributed by atoms with Gasteiger partial charge in [-0.2, -0.15) is 0 Å². The molecule has 1 aliphatic carbocycles. The molecule has 0 heterocycles. The number of benzene rings is 1. The first-order chi connectivity index (χ1) is 12.8. The predicted octanol–water partition coefficient (Wildman–Crippen LogP) is 7.66. The van der Waals surface area contributed by atoms with E-state index in [1.54, 1.807) is 0 Å². The van der Waals surface area contributed by atoms with Crippen LogP contribution in [0, 0.1) is 17.6 Å². The van der Waals surface area contributed by atoms with Crippen molar-refractivity contribution in [2.75, 3.05) is 0 Å².